The fourth-order valence-corrected chi connectivity index (χ4v) is 11.0. The van der Waals surface area contributed by atoms with Gasteiger partial charge in [0.05, 0.1) is 25.9 Å². The Kier molecular flexibility index (Phi) is 6.38. The lowest BCUT2D eigenvalue weighted by molar-refractivity contribution is -0.00000360. The zero-order valence-corrected chi connectivity index (χ0v) is 14.8. The lowest BCUT2D eigenvalue weighted by Gasteiger charge is -2.35. The van der Waals surface area contributed by atoms with E-state index in [0.717, 1.165) is 14.8 Å². The quantitative estimate of drug-likeness (QED) is 0.758. The molecule has 1 aromatic carbocycles. The Morgan fingerprint density at radius 1 is 1.00 bits per heavy atom. The summed E-state index contributed by atoms with van der Waals surface area (Å²) in [5, 5.41) is 3.21. The molecule has 0 saturated carbocycles. The van der Waals surface area contributed by atoms with Crippen LogP contribution in [0.5, 0.6) is 0 Å². The predicted molar refractivity (Wildman–Crippen MR) is 87.4 cm³/mol. The van der Waals surface area contributed by atoms with Crippen LogP contribution in [0.25, 0.3) is 0 Å². The Hall–Kier alpha value is 0.640. The van der Waals surface area contributed by atoms with Gasteiger partial charge in [-0.05, 0) is 18.6 Å². The van der Waals surface area contributed by atoms with Crippen molar-refractivity contribution in [3.05, 3.63) is 30.3 Å². The Morgan fingerprint density at radius 3 is 2.00 bits per heavy atom. The number of hydrogen-bond donors (Lipinski definition) is 0. The van der Waals surface area contributed by atoms with Gasteiger partial charge in [-0.15, -0.1) is 23.5 Å². The topological polar surface area (TPSA) is 0 Å². The summed E-state index contributed by atoms with van der Waals surface area (Å²) in [5.74, 6) is 0. The van der Waals surface area contributed by atoms with E-state index in [1.165, 1.54) is 6.42 Å². The molecule has 0 N–H and O–H groups in total. The molecule has 0 amide bonds. The fourth-order valence-electron chi connectivity index (χ4n) is 2.25. The van der Waals surface area contributed by atoms with Crippen LogP contribution in [0.4, 0.5) is 0 Å². The van der Waals surface area contributed by atoms with E-state index in [4.69, 9.17) is 0 Å². The van der Waals surface area contributed by atoms with Crippen LogP contribution >= 0.6 is 30.8 Å². The maximum atomic E-state index is 2.50. The van der Waals surface area contributed by atoms with Gasteiger partial charge in [0.25, 0.3) is 0 Å². The normalized spacial score (nSPS) is 28.6. The molecule has 1 heterocycles. The maximum Gasteiger partial charge on any atom is 0.164 e. The van der Waals surface area contributed by atoms with E-state index in [9.17, 15) is 0 Å². The first-order chi connectivity index (χ1) is 8.00. The van der Waals surface area contributed by atoms with Crippen molar-refractivity contribution in [2.24, 2.45) is 0 Å². The standard InChI is InChI=1S/C14H22PS2.ClH/c1-11-10-12(2)17-14(16-11)15(3,4)13-8-6-5-7-9-13;/h5-9,11-12,14H,10H2,1-4H3;1H/q+1;/p-1/t11-,12+,14?;. The van der Waals surface area contributed by atoms with E-state index < -0.39 is 7.26 Å². The third-order valence-corrected chi connectivity index (χ3v) is 12.3. The molecule has 0 aliphatic carbocycles. The molecule has 0 radical (unpaired) electrons. The van der Waals surface area contributed by atoms with E-state index in [0.29, 0.717) is 0 Å². The van der Waals surface area contributed by atoms with E-state index in [1.807, 2.05) is 0 Å². The van der Waals surface area contributed by atoms with Gasteiger partial charge in [-0.3, -0.25) is 0 Å². The van der Waals surface area contributed by atoms with Crippen molar-refractivity contribution in [3.8, 4) is 0 Å². The molecule has 0 spiro atoms. The summed E-state index contributed by atoms with van der Waals surface area (Å²) < 4.78 is 0.781. The number of thioether (sulfide) groups is 2. The van der Waals surface area contributed by atoms with Gasteiger partial charge >= 0.3 is 0 Å². The van der Waals surface area contributed by atoms with Crippen molar-refractivity contribution in [2.75, 3.05) is 13.3 Å². The van der Waals surface area contributed by atoms with E-state index in [2.05, 4.69) is 81.0 Å². The average Bonchev–Trinajstić information content (AvgIpc) is 2.29. The smallest absolute Gasteiger partial charge is 0.164 e. The summed E-state index contributed by atoms with van der Waals surface area (Å²) in [5.41, 5.74) is 0. The fraction of sp³-hybridized carbons (Fsp3) is 0.571. The van der Waals surface area contributed by atoms with Gasteiger partial charge in [0.15, 0.2) is 4.32 Å². The molecule has 1 aliphatic heterocycles. The molecule has 0 nitrogen and oxygen atoms in total. The summed E-state index contributed by atoms with van der Waals surface area (Å²) in [4.78, 5) is 0. The molecule has 1 aromatic rings. The zero-order chi connectivity index (χ0) is 12.5. The predicted octanol–water partition coefficient (Wildman–Crippen LogP) is 1.52. The summed E-state index contributed by atoms with van der Waals surface area (Å²) in [7, 11) is -1.02. The minimum Gasteiger partial charge on any atom is -1.00 e. The van der Waals surface area contributed by atoms with Crippen LogP contribution in [-0.4, -0.2) is 28.2 Å². The van der Waals surface area contributed by atoms with Crippen LogP contribution in [-0.2, 0) is 0 Å². The molecule has 1 fully saturated rings. The second-order valence-corrected chi connectivity index (χ2v) is 13.5. The Balaban J connectivity index is 0.00000162. The Labute approximate surface area is 127 Å². The summed E-state index contributed by atoms with van der Waals surface area (Å²) in [6.07, 6.45) is 1.36. The molecule has 0 aromatic heterocycles. The maximum absolute atomic E-state index is 2.50. The van der Waals surface area contributed by atoms with Gasteiger partial charge in [0.2, 0.25) is 0 Å². The van der Waals surface area contributed by atoms with Crippen molar-refractivity contribution in [3.63, 3.8) is 0 Å². The van der Waals surface area contributed by atoms with Gasteiger partial charge < -0.3 is 12.4 Å². The van der Waals surface area contributed by atoms with Crippen molar-refractivity contribution >= 4 is 36.1 Å². The number of halogens is 1. The molecule has 0 bridgehead atoms. The largest absolute Gasteiger partial charge is 1.00 e. The first-order valence-corrected chi connectivity index (χ1v) is 10.8. The molecule has 102 valence electrons. The van der Waals surface area contributed by atoms with Crippen LogP contribution in [0.3, 0.4) is 0 Å². The highest BCUT2D eigenvalue weighted by molar-refractivity contribution is 8.27. The van der Waals surface area contributed by atoms with Gasteiger partial charge in [-0.2, -0.15) is 0 Å². The summed E-state index contributed by atoms with van der Waals surface area (Å²) in [6.45, 7) is 9.77. The third-order valence-electron chi connectivity index (χ3n) is 3.31. The van der Waals surface area contributed by atoms with Gasteiger partial charge in [-0.1, -0.05) is 32.0 Å². The molecule has 1 unspecified atom stereocenters. The molecule has 3 atom stereocenters. The van der Waals surface area contributed by atoms with Crippen molar-refractivity contribution in [1.82, 2.24) is 0 Å². The van der Waals surface area contributed by atoms with Gasteiger partial charge in [0, 0.05) is 10.5 Å². The first-order valence-electron chi connectivity index (χ1n) is 6.20. The number of rotatable bonds is 2. The van der Waals surface area contributed by atoms with E-state index >= 15 is 0 Å². The highest BCUT2D eigenvalue weighted by atomic mass is 35.5. The van der Waals surface area contributed by atoms with Crippen molar-refractivity contribution in [2.45, 2.75) is 35.1 Å². The van der Waals surface area contributed by atoms with Crippen LogP contribution in [0.2, 0.25) is 0 Å². The monoisotopic (exact) mass is 320 g/mol. The third kappa shape index (κ3) is 3.82. The number of hydrogen-bond acceptors (Lipinski definition) is 2. The molecule has 18 heavy (non-hydrogen) atoms. The van der Waals surface area contributed by atoms with Crippen LogP contribution in [0.1, 0.15) is 20.3 Å². The number of benzene rings is 1. The van der Waals surface area contributed by atoms with Gasteiger partial charge in [-0.25, -0.2) is 0 Å². The van der Waals surface area contributed by atoms with Crippen LogP contribution < -0.4 is 17.7 Å². The second kappa shape index (κ2) is 6.88. The lowest BCUT2D eigenvalue weighted by Crippen LogP contribution is -3.00. The lowest BCUT2D eigenvalue weighted by atomic mass is 10.3. The van der Waals surface area contributed by atoms with Crippen LogP contribution in [0, 0.1) is 0 Å². The molecule has 1 aliphatic rings. The Bertz CT molecular complexity index is 359. The summed E-state index contributed by atoms with van der Waals surface area (Å²) >= 11 is 4.41. The molecular weight excluding hydrogens is 299 g/mol. The first kappa shape index (κ1) is 16.7. The Morgan fingerprint density at radius 2 is 1.50 bits per heavy atom. The van der Waals surface area contributed by atoms with Crippen molar-refractivity contribution in [1.29, 1.82) is 0 Å². The van der Waals surface area contributed by atoms with Crippen LogP contribution in [0.15, 0.2) is 30.3 Å². The molecular formula is C14H22ClPS2. The average molecular weight is 321 g/mol. The van der Waals surface area contributed by atoms with E-state index in [1.54, 1.807) is 5.30 Å². The molecule has 1 saturated heterocycles. The zero-order valence-electron chi connectivity index (χ0n) is 11.5. The van der Waals surface area contributed by atoms with Crippen molar-refractivity contribution < 1.29 is 12.4 Å². The van der Waals surface area contributed by atoms with Gasteiger partial charge in [0.1, 0.15) is 0 Å². The minimum atomic E-state index is -1.02. The molecule has 4 heteroatoms. The summed E-state index contributed by atoms with van der Waals surface area (Å²) in [6, 6.07) is 11.1. The van der Waals surface area contributed by atoms with E-state index in [-0.39, 0.29) is 12.4 Å². The minimum absolute atomic E-state index is 0. The SMILES string of the molecule is C[C@@H]1C[C@H](C)SC([P+](C)(C)c2ccccc2)S1.[Cl-]. The highest BCUT2D eigenvalue weighted by Crippen LogP contribution is 2.66. The highest BCUT2D eigenvalue weighted by Gasteiger charge is 2.43. The second-order valence-electron chi connectivity index (χ2n) is 5.31. The molecule has 2 rings (SSSR count).